The Bertz CT molecular complexity index is 637. The third kappa shape index (κ3) is 5.64. The van der Waals surface area contributed by atoms with Gasteiger partial charge in [-0.25, -0.2) is 0 Å². The summed E-state index contributed by atoms with van der Waals surface area (Å²) in [7, 11) is 0. The Labute approximate surface area is 157 Å². The molecule has 1 unspecified atom stereocenters. The largest absolute Gasteiger partial charge is 0.282 e. The molecule has 6 heteroatoms. The first-order valence-electron chi connectivity index (χ1n) is 9.70. The predicted molar refractivity (Wildman–Crippen MR) is 101 cm³/mol. The third-order valence-electron chi connectivity index (χ3n) is 5.03. The number of carbonyl (C=O) groups is 2. The molecule has 2 heterocycles. The molecule has 1 fully saturated rings. The molecule has 0 spiro atoms. The summed E-state index contributed by atoms with van der Waals surface area (Å²) in [6.45, 7) is 14.1. The van der Waals surface area contributed by atoms with Crippen LogP contribution in [0.1, 0.15) is 72.9 Å². The number of hydrogen-bond acceptors (Lipinski definition) is 4. The van der Waals surface area contributed by atoms with Gasteiger partial charge in [-0.1, -0.05) is 53.2 Å². The van der Waals surface area contributed by atoms with Gasteiger partial charge in [0, 0.05) is 32.1 Å². The molecule has 1 saturated heterocycles. The number of imide groups is 1. The van der Waals surface area contributed by atoms with E-state index in [1.165, 1.54) is 17.7 Å². The van der Waals surface area contributed by atoms with Gasteiger partial charge in [0.1, 0.15) is 0 Å². The van der Waals surface area contributed by atoms with E-state index in [4.69, 9.17) is 0 Å². The number of hydrogen-bond donors (Lipinski definition) is 0. The number of unbranched alkanes of at least 4 members (excludes halogenated alkanes) is 1. The van der Waals surface area contributed by atoms with Crippen LogP contribution in [0.4, 0.5) is 0 Å². The highest BCUT2D eigenvalue weighted by atomic mass is 16.2. The van der Waals surface area contributed by atoms with Crippen molar-refractivity contribution in [3.8, 4) is 0 Å². The zero-order valence-corrected chi connectivity index (χ0v) is 17.2. The van der Waals surface area contributed by atoms with Crippen molar-refractivity contribution < 1.29 is 9.59 Å². The minimum Gasteiger partial charge on any atom is -0.282 e. The topological polar surface area (TPSA) is 68.1 Å². The molecule has 0 N–H and O–H groups in total. The van der Waals surface area contributed by atoms with Gasteiger partial charge in [0.25, 0.3) is 0 Å². The van der Waals surface area contributed by atoms with Gasteiger partial charge >= 0.3 is 0 Å². The van der Waals surface area contributed by atoms with Gasteiger partial charge in [-0.2, -0.15) is 0 Å². The van der Waals surface area contributed by atoms with Crippen LogP contribution in [0.15, 0.2) is 6.20 Å². The zero-order chi connectivity index (χ0) is 19.5. The Morgan fingerprint density at radius 2 is 1.77 bits per heavy atom. The van der Waals surface area contributed by atoms with Gasteiger partial charge in [0.2, 0.25) is 11.8 Å². The molecular formula is C20H34N4O2. The van der Waals surface area contributed by atoms with E-state index in [0.717, 1.165) is 18.7 Å². The van der Waals surface area contributed by atoms with Crippen molar-refractivity contribution in [2.45, 2.75) is 80.2 Å². The fourth-order valence-corrected chi connectivity index (χ4v) is 3.31. The van der Waals surface area contributed by atoms with E-state index in [2.05, 4.69) is 31.1 Å². The van der Waals surface area contributed by atoms with Crippen LogP contribution in [-0.4, -0.2) is 38.3 Å². The maximum absolute atomic E-state index is 12.5. The summed E-state index contributed by atoms with van der Waals surface area (Å²) < 4.78 is 1.86. The monoisotopic (exact) mass is 362 g/mol. The van der Waals surface area contributed by atoms with Crippen molar-refractivity contribution in [2.75, 3.05) is 6.54 Å². The van der Waals surface area contributed by atoms with E-state index in [1.54, 1.807) is 0 Å². The van der Waals surface area contributed by atoms with Crippen molar-refractivity contribution in [1.29, 1.82) is 0 Å². The minimum absolute atomic E-state index is 0.0444. The molecule has 1 aliphatic rings. The van der Waals surface area contributed by atoms with E-state index in [1.807, 2.05) is 31.6 Å². The molecule has 0 radical (unpaired) electrons. The van der Waals surface area contributed by atoms with Crippen molar-refractivity contribution >= 4 is 11.8 Å². The summed E-state index contributed by atoms with van der Waals surface area (Å²) in [5.41, 5.74) is 1.02. The molecule has 1 aromatic heterocycles. The molecule has 0 saturated carbocycles. The van der Waals surface area contributed by atoms with Gasteiger partial charge in [-0.3, -0.25) is 19.2 Å². The maximum atomic E-state index is 12.5. The molecule has 0 aliphatic carbocycles. The normalized spacial score (nSPS) is 18.8. The standard InChI is InChI=1S/C20H34N4O2/c1-19(2,3)10-7-8-11-23-14-15(21-22-23)9-12-24-17(25)13-16(18(24)26)20(4,5)6/h14,16H,7-13H2,1-6H3. The van der Waals surface area contributed by atoms with Gasteiger partial charge in [0.15, 0.2) is 0 Å². The first-order chi connectivity index (χ1) is 12.0. The molecule has 1 aromatic rings. The van der Waals surface area contributed by atoms with E-state index >= 15 is 0 Å². The SMILES string of the molecule is CC(C)(C)CCCCn1cc(CCN2C(=O)CC(C(C)(C)C)C2=O)nn1. The Hall–Kier alpha value is -1.72. The van der Waals surface area contributed by atoms with E-state index in [9.17, 15) is 9.59 Å². The van der Waals surface area contributed by atoms with Crippen LogP contribution in [-0.2, 0) is 22.6 Å². The average molecular weight is 363 g/mol. The Balaban J connectivity index is 1.81. The average Bonchev–Trinajstić information content (AvgIpc) is 3.05. The highest BCUT2D eigenvalue weighted by Crippen LogP contribution is 2.35. The smallest absolute Gasteiger partial charge is 0.233 e. The Morgan fingerprint density at radius 1 is 1.08 bits per heavy atom. The lowest BCUT2D eigenvalue weighted by Gasteiger charge is -2.24. The van der Waals surface area contributed by atoms with Crippen LogP contribution in [0.25, 0.3) is 0 Å². The van der Waals surface area contributed by atoms with Crippen LogP contribution in [0.3, 0.4) is 0 Å². The summed E-state index contributed by atoms with van der Waals surface area (Å²) in [4.78, 5) is 26.1. The summed E-state index contributed by atoms with van der Waals surface area (Å²) >= 11 is 0. The van der Waals surface area contributed by atoms with E-state index in [-0.39, 0.29) is 23.1 Å². The molecule has 146 valence electrons. The lowest BCUT2D eigenvalue weighted by atomic mass is 9.80. The maximum Gasteiger partial charge on any atom is 0.233 e. The molecule has 1 aliphatic heterocycles. The second kappa shape index (κ2) is 7.89. The number of aryl methyl sites for hydroxylation is 1. The zero-order valence-electron chi connectivity index (χ0n) is 17.2. The van der Waals surface area contributed by atoms with E-state index in [0.29, 0.717) is 24.8 Å². The summed E-state index contributed by atoms with van der Waals surface area (Å²) in [6.07, 6.45) is 6.27. The van der Waals surface area contributed by atoms with Crippen LogP contribution in [0, 0.1) is 16.7 Å². The van der Waals surface area contributed by atoms with Crippen molar-refractivity contribution in [2.24, 2.45) is 16.7 Å². The minimum atomic E-state index is -0.214. The predicted octanol–water partition coefficient (Wildman–Crippen LogP) is 3.46. The summed E-state index contributed by atoms with van der Waals surface area (Å²) in [5, 5.41) is 8.35. The highest BCUT2D eigenvalue weighted by molar-refractivity contribution is 6.03. The molecule has 2 amide bonds. The molecule has 0 aromatic carbocycles. The second-order valence-electron chi connectivity index (χ2n) is 9.75. The quantitative estimate of drug-likeness (QED) is 0.550. The first kappa shape index (κ1) is 20.6. The van der Waals surface area contributed by atoms with Gasteiger partial charge in [0.05, 0.1) is 11.6 Å². The third-order valence-corrected chi connectivity index (χ3v) is 5.03. The van der Waals surface area contributed by atoms with Crippen LogP contribution in [0.5, 0.6) is 0 Å². The highest BCUT2D eigenvalue weighted by Gasteiger charge is 2.44. The lowest BCUT2D eigenvalue weighted by molar-refractivity contribution is -0.140. The van der Waals surface area contributed by atoms with E-state index < -0.39 is 0 Å². The molecule has 2 rings (SSSR count). The summed E-state index contributed by atoms with van der Waals surface area (Å²) in [5.74, 6) is -0.324. The molecule has 6 nitrogen and oxygen atoms in total. The number of amides is 2. The van der Waals surface area contributed by atoms with Crippen molar-refractivity contribution in [3.63, 3.8) is 0 Å². The first-order valence-corrected chi connectivity index (χ1v) is 9.70. The molecule has 1 atom stereocenters. The number of aromatic nitrogens is 3. The molecule has 0 bridgehead atoms. The number of carbonyl (C=O) groups excluding carboxylic acids is 2. The Kier molecular flexibility index (Phi) is 6.25. The second-order valence-corrected chi connectivity index (χ2v) is 9.75. The fourth-order valence-electron chi connectivity index (χ4n) is 3.31. The van der Waals surface area contributed by atoms with Gasteiger partial charge in [-0.15, -0.1) is 5.10 Å². The number of rotatable bonds is 7. The molecule has 26 heavy (non-hydrogen) atoms. The van der Waals surface area contributed by atoms with Crippen molar-refractivity contribution in [1.82, 2.24) is 19.9 Å². The van der Waals surface area contributed by atoms with Gasteiger partial charge in [-0.05, 0) is 23.7 Å². The fraction of sp³-hybridized carbons (Fsp3) is 0.800. The van der Waals surface area contributed by atoms with Crippen LogP contribution < -0.4 is 0 Å². The van der Waals surface area contributed by atoms with Gasteiger partial charge < -0.3 is 0 Å². The van der Waals surface area contributed by atoms with Crippen LogP contribution >= 0.6 is 0 Å². The number of likely N-dealkylation sites (tertiary alicyclic amines) is 1. The van der Waals surface area contributed by atoms with Crippen molar-refractivity contribution in [3.05, 3.63) is 11.9 Å². The lowest BCUT2D eigenvalue weighted by Crippen LogP contribution is -2.35. The Morgan fingerprint density at radius 3 is 2.35 bits per heavy atom. The molecular weight excluding hydrogens is 328 g/mol. The summed E-state index contributed by atoms with van der Waals surface area (Å²) in [6, 6.07) is 0. The number of nitrogens with zero attached hydrogens (tertiary/aromatic N) is 4. The van der Waals surface area contributed by atoms with Crippen LogP contribution in [0.2, 0.25) is 0 Å².